The van der Waals surface area contributed by atoms with Crippen LogP contribution >= 0.6 is 0 Å². The molecule has 10 heteroatoms. The van der Waals surface area contributed by atoms with E-state index in [-0.39, 0.29) is 53.0 Å². The minimum absolute atomic E-state index is 0.00875. The standard InChI is InChI=1S/C46H78O8Si2/c1-33-23-19-17-20-25-36-31-40(46(12,32-50-55(13,14)44(6,7)8)39(52-36)27-28-49-42(48)43(3,4)5)53-41(47)26-22-18-21-24-35-30-38(34(2)37(29-33)51-35)54-56(15,16)45(9,10)11/h18-23,25-26,29,34-40H,17,24,27-28,30-32H2,1-16H3/b21-18+,23-19+,25-20+,26-22+,33-29-/t34-,35-,36+,37+,38-,39-,40+,46-/m1/s1. The zero-order chi connectivity index (χ0) is 42.3. The van der Waals surface area contributed by atoms with E-state index in [2.05, 4.69) is 125 Å². The van der Waals surface area contributed by atoms with Crippen molar-refractivity contribution in [2.45, 2.75) is 188 Å². The van der Waals surface area contributed by atoms with Crippen LogP contribution in [-0.2, 0) is 37.4 Å². The molecule has 0 spiro atoms. The summed E-state index contributed by atoms with van der Waals surface area (Å²) in [5.41, 5.74) is -0.156. The maximum atomic E-state index is 13.6. The van der Waals surface area contributed by atoms with E-state index in [9.17, 15) is 9.59 Å². The van der Waals surface area contributed by atoms with Crippen LogP contribution in [0.15, 0.2) is 60.3 Å². The number of ether oxygens (including phenoxy) is 4. The molecule has 3 rings (SSSR count). The van der Waals surface area contributed by atoms with Gasteiger partial charge in [0.2, 0.25) is 0 Å². The van der Waals surface area contributed by atoms with Crippen LogP contribution < -0.4 is 0 Å². The zero-order valence-corrected chi connectivity index (χ0v) is 40.0. The van der Waals surface area contributed by atoms with Gasteiger partial charge in [0.15, 0.2) is 16.6 Å². The average Bonchev–Trinajstić information content (AvgIpc) is 3.05. The van der Waals surface area contributed by atoms with Gasteiger partial charge in [-0.3, -0.25) is 4.79 Å². The Kier molecular flexibility index (Phi) is 16.7. The fourth-order valence-corrected chi connectivity index (χ4v) is 9.19. The van der Waals surface area contributed by atoms with Gasteiger partial charge in [-0.2, -0.15) is 0 Å². The van der Waals surface area contributed by atoms with Gasteiger partial charge in [-0.25, -0.2) is 4.79 Å². The third kappa shape index (κ3) is 13.5. The SMILES string of the molecule is CC1=C/[C@@H]2O[C@H](C/C=C/C=C/C(=O)O[C@H]3C[C@H](/C=C/C\C=C\1)O[C@H](CCOC(=O)C(C)(C)C)[C@@]3(C)CO[Si](C)(C)C(C)(C)C)C[C@@H](O[Si](C)(C)C(C)(C)C)[C@@H]2C. The van der Waals surface area contributed by atoms with Crippen molar-refractivity contribution in [3.05, 3.63) is 60.3 Å². The number of esters is 2. The number of carbonyl (C=O) groups is 2. The van der Waals surface area contributed by atoms with Crippen molar-refractivity contribution in [1.82, 2.24) is 0 Å². The van der Waals surface area contributed by atoms with Gasteiger partial charge in [-0.1, -0.05) is 110 Å². The largest absolute Gasteiger partial charge is 0.465 e. The normalized spacial score (nSPS) is 33.6. The van der Waals surface area contributed by atoms with Crippen LogP contribution in [0.25, 0.3) is 0 Å². The van der Waals surface area contributed by atoms with Gasteiger partial charge in [-0.05, 0) is 83.2 Å². The molecule has 56 heavy (non-hydrogen) atoms. The topological polar surface area (TPSA) is 89.5 Å². The van der Waals surface area contributed by atoms with Crippen molar-refractivity contribution >= 4 is 28.6 Å². The Morgan fingerprint density at radius 2 is 1.55 bits per heavy atom. The summed E-state index contributed by atoms with van der Waals surface area (Å²) in [4.78, 5) is 26.3. The molecule has 0 aromatic heterocycles. The highest BCUT2D eigenvalue weighted by molar-refractivity contribution is 6.74. The first-order valence-corrected chi connectivity index (χ1v) is 26.8. The molecular weight excluding hydrogens is 737 g/mol. The first-order chi connectivity index (χ1) is 25.7. The van der Waals surface area contributed by atoms with E-state index in [1.165, 1.54) is 6.08 Å². The summed E-state index contributed by atoms with van der Waals surface area (Å²) in [5.74, 6) is -0.464. The van der Waals surface area contributed by atoms with Crippen LogP contribution in [0.2, 0.25) is 36.3 Å². The van der Waals surface area contributed by atoms with Crippen LogP contribution in [0.3, 0.4) is 0 Å². The lowest BCUT2D eigenvalue weighted by atomic mass is 9.73. The van der Waals surface area contributed by atoms with Crippen LogP contribution in [0, 0.1) is 16.7 Å². The Hall–Kier alpha value is -2.09. The second kappa shape index (κ2) is 19.3. The lowest BCUT2D eigenvalue weighted by Crippen LogP contribution is -2.57. The predicted molar refractivity (Wildman–Crippen MR) is 234 cm³/mol. The molecule has 0 unspecified atom stereocenters. The van der Waals surface area contributed by atoms with Gasteiger partial charge in [0, 0.05) is 31.4 Å². The predicted octanol–water partition coefficient (Wildman–Crippen LogP) is 11.2. The minimum atomic E-state index is -2.18. The van der Waals surface area contributed by atoms with Gasteiger partial charge in [0.05, 0.1) is 48.0 Å². The monoisotopic (exact) mass is 815 g/mol. The van der Waals surface area contributed by atoms with Gasteiger partial charge in [0.1, 0.15) is 6.10 Å². The van der Waals surface area contributed by atoms with Crippen LogP contribution in [0.4, 0.5) is 0 Å². The molecule has 3 aliphatic heterocycles. The second-order valence-corrected chi connectivity index (χ2v) is 30.4. The Morgan fingerprint density at radius 1 is 0.893 bits per heavy atom. The minimum Gasteiger partial charge on any atom is -0.465 e. The van der Waals surface area contributed by atoms with E-state index >= 15 is 0 Å². The highest BCUT2D eigenvalue weighted by Gasteiger charge is 2.52. The highest BCUT2D eigenvalue weighted by Crippen LogP contribution is 2.45. The maximum Gasteiger partial charge on any atom is 0.331 e. The Morgan fingerprint density at radius 3 is 2.18 bits per heavy atom. The number of rotatable bonds is 8. The fraction of sp³-hybridized carbons (Fsp3) is 0.739. The van der Waals surface area contributed by atoms with Gasteiger partial charge >= 0.3 is 11.9 Å². The summed E-state index contributed by atoms with van der Waals surface area (Å²) in [6, 6.07) is 0. The lowest BCUT2D eigenvalue weighted by molar-refractivity contribution is -0.202. The summed E-state index contributed by atoms with van der Waals surface area (Å²) >= 11 is 0. The van der Waals surface area contributed by atoms with E-state index in [4.69, 9.17) is 27.8 Å². The Bertz CT molecular complexity index is 1470. The van der Waals surface area contributed by atoms with E-state index in [1.54, 1.807) is 6.08 Å². The summed E-state index contributed by atoms with van der Waals surface area (Å²) in [6.45, 7) is 35.2. The Labute approximate surface area is 343 Å². The van der Waals surface area contributed by atoms with Crippen molar-refractivity contribution < 1.29 is 37.4 Å². The molecule has 4 bridgehead atoms. The van der Waals surface area contributed by atoms with E-state index in [0.29, 0.717) is 32.3 Å². The van der Waals surface area contributed by atoms with Crippen molar-refractivity contribution in [1.29, 1.82) is 0 Å². The molecule has 0 N–H and O–H groups in total. The lowest BCUT2D eigenvalue weighted by Gasteiger charge is -2.50. The average molecular weight is 815 g/mol. The molecule has 8 nitrogen and oxygen atoms in total. The maximum absolute atomic E-state index is 13.6. The molecule has 318 valence electrons. The number of fused-ring (bicyclic) bond motifs is 4. The zero-order valence-electron chi connectivity index (χ0n) is 38.0. The third-order valence-electron chi connectivity index (χ3n) is 12.8. The van der Waals surface area contributed by atoms with Gasteiger partial charge in [0.25, 0.3) is 0 Å². The molecule has 2 fully saturated rings. The molecule has 0 radical (unpaired) electrons. The van der Waals surface area contributed by atoms with Crippen molar-refractivity contribution in [2.75, 3.05) is 13.2 Å². The fourth-order valence-electron chi connectivity index (χ4n) is 6.67. The second-order valence-electron chi connectivity index (χ2n) is 20.8. The highest BCUT2D eigenvalue weighted by atomic mass is 28.4. The number of carbonyl (C=O) groups excluding carboxylic acids is 2. The molecule has 3 aliphatic rings. The van der Waals surface area contributed by atoms with Crippen molar-refractivity contribution in [3.63, 3.8) is 0 Å². The summed E-state index contributed by atoms with van der Waals surface area (Å²) in [6.07, 6.45) is 20.0. The van der Waals surface area contributed by atoms with Crippen LogP contribution in [-0.4, -0.2) is 78.4 Å². The summed E-state index contributed by atoms with van der Waals surface area (Å²) in [7, 11) is -4.19. The van der Waals surface area contributed by atoms with Gasteiger partial charge in [-0.15, -0.1) is 0 Å². The smallest absolute Gasteiger partial charge is 0.331 e. The van der Waals surface area contributed by atoms with Crippen LogP contribution in [0.5, 0.6) is 0 Å². The van der Waals surface area contributed by atoms with Crippen molar-refractivity contribution in [2.24, 2.45) is 16.7 Å². The summed E-state index contributed by atoms with van der Waals surface area (Å²) in [5, 5.41) is 0.103. The Balaban J connectivity index is 1.96. The molecule has 2 saturated heterocycles. The molecule has 0 aliphatic carbocycles. The number of hydrogen-bond donors (Lipinski definition) is 0. The molecule has 0 saturated carbocycles. The molecule has 3 heterocycles. The molecule has 0 aromatic rings. The van der Waals surface area contributed by atoms with E-state index in [0.717, 1.165) is 12.0 Å². The third-order valence-corrected chi connectivity index (χ3v) is 21.8. The van der Waals surface area contributed by atoms with Crippen molar-refractivity contribution in [3.8, 4) is 0 Å². The quantitative estimate of drug-likeness (QED) is 0.136. The molecule has 8 atom stereocenters. The molecule has 0 aromatic carbocycles. The first kappa shape index (κ1) is 48.3. The molecular formula is C46H78O8Si2. The molecule has 0 amide bonds. The number of hydrogen-bond acceptors (Lipinski definition) is 8. The van der Waals surface area contributed by atoms with Gasteiger partial charge < -0.3 is 27.8 Å². The first-order valence-electron chi connectivity index (χ1n) is 21.0. The van der Waals surface area contributed by atoms with Crippen LogP contribution in [0.1, 0.15) is 115 Å². The summed E-state index contributed by atoms with van der Waals surface area (Å²) < 4.78 is 39.5. The number of allylic oxidation sites excluding steroid dienone is 6. The van der Waals surface area contributed by atoms with E-state index in [1.807, 2.05) is 26.8 Å². The van der Waals surface area contributed by atoms with E-state index < -0.39 is 45.6 Å².